The van der Waals surface area contributed by atoms with Crippen molar-refractivity contribution in [2.75, 3.05) is 0 Å². The van der Waals surface area contributed by atoms with Gasteiger partial charge in [0.1, 0.15) is 0 Å². The molecule has 0 aliphatic rings. The lowest BCUT2D eigenvalue weighted by molar-refractivity contribution is 0.477. The van der Waals surface area contributed by atoms with E-state index >= 15 is 0 Å². The Morgan fingerprint density at radius 3 is 1.03 bits per heavy atom. The Hall–Kier alpha value is -0.380. The highest BCUT2D eigenvalue weighted by Gasteiger charge is 2.21. The minimum absolute atomic E-state index is 0.158. The van der Waals surface area contributed by atoms with Crippen LogP contribution in [0.1, 0.15) is 48.5 Å². The maximum atomic E-state index is 11.9. The minimum atomic E-state index is -3.72. The van der Waals surface area contributed by atoms with Gasteiger partial charge in [-0.2, -0.15) is 26.3 Å². The summed E-state index contributed by atoms with van der Waals surface area (Å²) in [7, 11) is 1.28. The van der Waals surface area contributed by atoms with Gasteiger partial charge < -0.3 is 0 Å². The molecule has 2 N–H and O–H groups in total. The Morgan fingerprint density at radius 1 is 0.655 bits per heavy atom. The number of hydrogen-bond donors (Lipinski definition) is 2. The van der Waals surface area contributed by atoms with E-state index in [9.17, 15) is 8.42 Å². The Labute approximate surface area is 187 Å². The molecule has 0 amide bonds. The summed E-state index contributed by atoms with van der Waals surface area (Å²) < 4.78 is 47.2. The highest BCUT2D eigenvalue weighted by Crippen LogP contribution is 2.09. The Morgan fingerprint density at radius 2 is 0.931 bits per heavy atom. The molecule has 10 heteroatoms. The zero-order valence-electron chi connectivity index (χ0n) is 18.5. The number of allylic oxidation sites excluding steroid dienone is 1. The number of rotatable bonds is 10. The lowest BCUT2D eigenvalue weighted by Gasteiger charge is -2.23. The lowest BCUT2D eigenvalue weighted by atomic mass is 9.99. The quantitative estimate of drug-likeness (QED) is 0.331. The predicted molar refractivity (Wildman–Crippen MR) is 128 cm³/mol. The molecule has 0 heterocycles. The van der Waals surface area contributed by atoms with E-state index in [0.717, 1.165) is 5.92 Å². The average Bonchev–Trinajstić information content (AvgIpc) is 2.55. The summed E-state index contributed by atoms with van der Waals surface area (Å²) >= 11 is 0. The second kappa shape index (κ2) is 16.3. The second-order valence-electron chi connectivity index (χ2n) is 7.47. The third-order valence-electron chi connectivity index (χ3n) is 3.95. The van der Waals surface area contributed by atoms with Crippen molar-refractivity contribution in [3.05, 3.63) is 38.0 Å². The van der Waals surface area contributed by atoms with Crippen LogP contribution in [0.25, 0.3) is 0 Å². The highest BCUT2D eigenvalue weighted by atomic mass is 36.0. The first-order chi connectivity index (χ1) is 12.9. The van der Waals surface area contributed by atoms with Gasteiger partial charge in [-0.05, 0) is 23.7 Å². The fraction of sp³-hybridized carbons (Fsp3) is 0.684. The number of halogens is 2. The Balaban J connectivity index is -0.000000461. The van der Waals surface area contributed by atoms with E-state index in [2.05, 4.69) is 71.3 Å². The Kier molecular flexibility index (Phi) is 18.7. The number of nitrogens with one attached hydrogen (secondary N) is 2. The van der Waals surface area contributed by atoms with Crippen LogP contribution in [0.2, 0.25) is 0 Å². The van der Waals surface area contributed by atoms with Crippen LogP contribution in [0.15, 0.2) is 38.0 Å². The lowest BCUT2D eigenvalue weighted by Crippen LogP contribution is -2.48. The van der Waals surface area contributed by atoms with E-state index in [0.29, 0.717) is 5.92 Å². The molecule has 0 fully saturated rings. The molecular weight excluding hydrogens is 455 g/mol. The predicted octanol–water partition coefficient (Wildman–Crippen LogP) is 5.00. The van der Waals surface area contributed by atoms with Crippen LogP contribution in [0.5, 0.6) is 0 Å². The topological polar surface area (TPSA) is 92.3 Å². The maximum Gasteiger partial charge on any atom is 0.317 e. The minimum Gasteiger partial charge on any atom is -0.195 e. The van der Waals surface area contributed by atoms with Crippen LogP contribution in [-0.2, 0) is 18.5 Å². The summed E-state index contributed by atoms with van der Waals surface area (Å²) in [4.78, 5) is 0. The maximum absolute atomic E-state index is 11.9. The normalized spacial score (nSPS) is 14.8. The van der Waals surface area contributed by atoms with Gasteiger partial charge in [0.2, 0.25) is 0 Å². The van der Waals surface area contributed by atoms with Crippen LogP contribution in [0.4, 0.5) is 0 Å². The third kappa shape index (κ3) is 23.8. The summed E-state index contributed by atoms with van der Waals surface area (Å²) in [5.41, 5.74) is 0. The first kappa shape index (κ1) is 33.3. The summed E-state index contributed by atoms with van der Waals surface area (Å²) in [6.07, 6.45) is 5.19. The SMILES string of the molecule is C=CC(C)C(C)C.C=CC(NS(=O)(=O)NC(C=C)C(C)C)C(C)C.O=S(=O)(Cl)Cl. The molecule has 0 aliphatic heterocycles. The molecule has 0 bridgehead atoms. The van der Waals surface area contributed by atoms with Crippen molar-refractivity contribution >= 4 is 39.8 Å². The van der Waals surface area contributed by atoms with Gasteiger partial charge in [0.15, 0.2) is 0 Å². The van der Waals surface area contributed by atoms with E-state index in [1.54, 1.807) is 12.2 Å². The molecule has 0 spiro atoms. The first-order valence-electron chi connectivity index (χ1n) is 9.23. The zero-order chi connectivity index (χ0) is 24.0. The van der Waals surface area contributed by atoms with Crippen molar-refractivity contribution in [3.8, 4) is 0 Å². The fourth-order valence-electron chi connectivity index (χ4n) is 1.58. The van der Waals surface area contributed by atoms with Crippen molar-refractivity contribution in [1.82, 2.24) is 9.44 Å². The summed E-state index contributed by atoms with van der Waals surface area (Å²) in [5.74, 6) is 1.73. The molecule has 6 nitrogen and oxygen atoms in total. The van der Waals surface area contributed by atoms with Crippen LogP contribution in [0.3, 0.4) is 0 Å². The van der Waals surface area contributed by atoms with Gasteiger partial charge in [-0.25, -0.2) is 0 Å². The van der Waals surface area contributed by atoms with Gasteiger partial charge in [-0.3, -0.25) is 0 Å². The van der Waals surface area contributed by atoms with Crippen molar-refractivity contribution in [1.29, 1.82) is 0 Å². The van der Waals surface area contributed by atoms with Crippen LogP contribution < -0.4 is 9.44 Å². The van der Waals surface area contributed by atoms with Crippen molar-refractivity contribution in [2.45, 2.75) is 60.5 Å². The van der Waals surface area contributed by atoms with E-state index in [-0.39, 0.29) is 23.9 Å². The van der Waals surface area contributed by atoms with Crippen molar-refractivity contribution < 1.29 is 16.8 Å². The molecule has 3 atom stereocenters. The molecule has 0 saturated heterocycles. The van der Waals surface area contributed by atoms with E-state index in [1.165, 1.54) is 0 Å². The molecule has 3 unspecified atom stereocenters. The molecule has 0 aromatic heterocycles. The van der Waals surface area contributed by atoms with Crippen LogP contribution in [0, 0.1) is 23.7 Å². The van der Waals surface area contributed by atoms with Crippen molar-refractivity contribution in [2.24, 2.45) is 23.7 Å². The van der Waals surface area contributed by atoms with Gasteiger partial charge in [-0.15, -0.1) is 19.7 Å². The van der Waals surface area contributed by atoms with E-state index in [1.807, 2.05) is 33.8 Å². The third-order valence-corrected chi connectivity index (χ3v) is 5.12. The highest BCUT2D eigenvalue weighted by molar-refractivity contribution is 8.31. The second-order valence-corrected chi connectivity index (χ2v) is 12.6. The summed E-state index contributed by atoms with van der Waals surface area (Å²) in [6, 6.07) is -0.546. The van der Waals surface area contributed by atoms with Gasteiger partial charge in [0.25, 0.3) is 10.2 Å². The first-order valence-corrected chi connectivity index (χ1v) is 13.8. The number of hydrogen-bond acceptors (Lipinski definition) is 4. The largest absolute Gasteiger partial charge is 0.317 e. The van der Waals surface area contributed by atoms with Gasteiger partial charge in [0, 0.05) is 33.4 Å². The fourth-order valence-corrected chi connectivity index (χ4v) is 3.10. The van der Waals surface area contributed by atoms with Gasteiger partial charge in [-0.1, -0.05) is 66.7 Å². The molecule has 0 rings (SSSR count). The van der Waals surface area contributed by atoms with Gasteiger partial charge in [0.05, 0.1) is 0 Å². The molecule has 0 aromatic rings. The molecule has 174 valence electrons. The van der Waals surface area contributed by atoms with Crippen molar-refractivity contribution in [3.63, 3.8) is 0 Å². The summed E-state index contributed by atoms with van der Waals surface area (Å²) in [6.45, 7) is 25.2. The van der Waals surface area contributed by atoms with E-state index in [4.69, 9.17) is 8.42 Å². The van der Waals surface area contributed by atoms with Gasteiger partial charge >= 0.3 is 8.26 Å². The Bertz CT molecular complexity index is 640. The van der Waals surface area contributed by atoms with Crippen LogP contribution >= 0.6 is 21.4 Å². The van der Waals surface area contributed by atoms with E-state index < -0.39 is 18.5 Å². The standard InChI is InChI=1S/C12H24N2O2S.C7H14.Cl2O2S/c1-7-11(9(3)4)13-17(15,16)14-12(8-2)10(5)6;1-5-7(4)6(2)3;1-5(2,3)4/h7-14H,1-2H2,3-6H3;5-7H,1H2,2-4H3;. The monoisotopic (exact) mass is 492 g/mol. The van der Waals surface area contributed by atoms with Crippen LogP contribution in [-0.4, -0.2) is 28.9 Å². The average molecular weight is 494 g/mol. The summed E-state index contributed by atoms with van der Waals surface area (Å²) in [5, 5.41) is 0. The molecule has 0 aromatic carbocycles. The molecule has 29 heavy (non-hydrogen) atoms. The molecule has 0 radical (unpaired) electrons. The zero-order valence-corrected chi connectivity index (χ0v) is 21.7. The molecule has 0 aliphatic carbocycles. The molecule has 0 saturated carbocycles. The molecular formula is C19H38Cl2N2O4S2. The smallest absolute Gasteiger partial charge is 0.195 e.